The van der Waals surface area contributed by atoms with E-state index in [0.717, 1.165) is 5.92 Å². The molecule has 1 aromatic rings. The monoisotopic (exact) mass is 233 g/mol. The lowest BCUT2D eigenvalue weighted by Crippen LogP contribution is -2.33. The van der Waals surface area contributed by atoms with Gasteiger partial charge in [-0.2, -0.15) is 0 Å². The Balaban J connectivity index is 1.92. The topological polar surface area (TPSA) is 32.3 Å². The molecule has 94 valence electrons. The lowest BCUT2D eigenvalue weighted by Gasteiger charge is -2.21. The van der Waals surface area contributed by atoms with Gasteiger partial charge in [-0.25, -0.2) is 0 Å². The number of hydrogen-bond donors (Lipinski definition) is 2. The molecule has 2 rings (SSSR count). The van der Waals surface area contributed by atoms with Crippen molar-refractivity contribution in [1.29, 1.82) is 0 Å². The third kappa shape index (κ3) is 3.30. The fraction of sp³-hybridized carbons (Fsp3) is 0.600. The summed E-state index contributed by atoms with van der Waals surface area (Å²) in [6.07, 6.45) is 5.14. The highest BCUT2D eigenvalue weighted by Gasteiger charge is 2.25. The fourth-order valence-corrected chi connectivity index (χ4v) is 2.82. The lowest BCUT2D eigenvalue weighted by atomic mass is 10.0. The molecule has 1 aromatic carbocycles. The third-order valence-electron chi connectivity index (χ3n) is 3.94. The molecule has 0 bridgehead atoms. The minimum Gasteiger partial charge on any atom is -0.394 e. The Labute approximate surface area is 104 Å². The van der Waals surface area contributed by atoms with Crippen LogP contribution in [0.15, 0.2) is 30.3 Å². The zero-order valence-corrected chi connectivity index (χ0v) is 10.6. The number of aliphatic hydroxyl groups excluding tert-OH is 1. The van der Waals surface area contributed by atoms with Crippen LogP contribution in [0.25, 0.3) is 0 Å². The van der Waals surface area contributed by atoms with E-state index in [2.05, 4.69) is 24.4 Å². The van der Waals surface area contributed by atoms with Gasteiger partial charge in [-0.05, 0) is 30.7 Å². The highest BCUT2D eigenvalue weighted by atomic mass is 16.3. The number of benzene rings is 1. The van der Waals surface area contributed by atoms with Crippen molar-refractivity contribution in [2.24, 2.45) is 5.92 Å². The maximum absolute atomic E-state index is 9.50. The molecule has 0 radical (unpaired) electrons. The third-order valence-corrected chi connectivity index (χ3v) is 3.94. The first-order chi connectivity index (χ1) is 8.33. The smallest absolute Gasteiger partial charge is 0.0626 e. The first kappa shape index (κ1) is 12.6. The predicted molar refractivity (Wildman–Crippen MR) is 70.8 cm³/mol. The molecule has 2 nitrogen and oxygen atoms in total. The second kappa shape index (κ2) is 6.18. The van der Waals surface area contributed by atoms with Crippen molar-refractivity contribution in [2.75, 3.05) is 6.61 Å². The van der Waals surface area contributed by atoms with Crippen molar-refractivity contribution >= 4 is 0 Å². The van der Waals surface area contributed by atoms with Gasteiger partial charge in [0.1, 0.15) is 0 Å². The van der Waals surface area contributed by atoms with E-state index in [1.165, 1.54) is 31.2 Å². The van der Waals surface area contributed by atoms with Crippen LogP contribution in [0.4, 0.5) is 0 Å². The molecule has 0 aliphatic heterocycles. The number of rotatable bonds is 5. The number of hydrogen-bond acceptors (Lipinski definition) is 2. The summed E-state index contributed by atoms with van der Waals surface area (Å²) in [4.78, 5) is 0. The highest BCUT2D eigenvalue weighted by Crippen LogP contribution is 2.29. The fourth-order valence-electron chi connectivity index (χ4n) is 2.82. The lowest BCUT2D eigenvalue weighted by molar-refractivity contribution is 0.232. The van der Waals surface area contributed by atoms with Crippen LogP contribution < -0.4 is 5.32 Å². The summed E-state index contributed by atoms with van der Waals surface area (Å²) in [7, 11) is 0. The van der Waals surface area contributed by atoms with Crippen molar-refractivity contribution in [1.82, 2.24) is 5.32 Å². The second-order valence-corrected chi connectivity index (χ2v) is 5.10. The van der Waals surface area contributed by atoms with Crippen LogP contribution in [0.5, 0.6) is 0 Å². The Morgan fingerprint density at radius 2 is 2.06 bits per heavy atom. The maximum atomic E-state index is 9.50. The minimum absolute atomic E-state index is 0.0943. The summed E-state index contributed by atoms with van der Waals surface area (Å²) < 4.78 is 0. The van der Waals surface area contributed by atoms with E-state index >= 15 is 0 Å². The Hall–Kier alpha value is -0.860. The summed E-state index contributed by atoms with van der Waals surface area (Å²) in [6.45, 7) is 2.45. The average molecular weight is 233 g/mol. The summed E-state index contributed by atoms with van der Waals surface area (Å²) in [5.74, 6) is 0.877. The summed E-state index contributed by atoms with van der Waals surface area (Å²) in [5, 5.41) is 13.1. The van der Waals surface area contributed by atoms with Gasteiger partial charge in [0.25, 0.3) is 0 Å². The normalized spacial score (nSPS) is 26.0. The summed E-state index contributed by atoms with van der Waals surface area (Å²) >= 11 is 0. The Morgan fingerprint density at radius 1 is 1.29 bits per heavy atom. The Bertz CT molecular complexity index is 325. The molecule has 0 aromatic heterocycles. The van der Waals surface area contributed by atoms with Crippen LogP contribution in [-0.4, -0.2) is 17.8 Å². The van der Waals surface area contributed by atoms with E-state index in [1.807, 2.05) is 18.2 Å². The van der Waals surface area contributed by atoms with Gasteiger partial charge in [0.05, 0.1) is 12.6 Å². The van der Waals surface area contributed by atoms with Crippen molar-refractivity contribution < 1.29 is 5.11 Å². The predicted octanol–water partition coefficient (Wildman–Crippen LogP) is 2.89. The average Bonchev–Trinajstić information content (AvgIpc) is 2.84. The van der Waals surface area contributed by atoms with Gasteiger partial charge < -0.3 is 10.4 Å². The molecule has 2 unspecified atom stereocenters. The second-order valence-electron chi connectivity index (χ2n) is 5.10. The summed E-state index contributed by atoms with van der Waals surface area (Å²) in [5.41, 5.74) is 1.19. The molecule has 1 aliphatic rings. The standard InChI is InChI=1S/C15H23NO/c1-2-12-8-9-14(10-12)16-15(11-17)13-6-4-3-5-7-13/h3-7,12,14-17H,2,8-11H2,1H3/t12?,14?,15-/m1/s1. The van der Waals surface area contributed by atoms with Gasteiger partial charge >= 0.3 is 0 Å². The molecule has 3 atom stereocenters. The van der Waals surface area contributed by atoms with Crippen LogP contribution in [0.3, 0.4) is 0 Å². The highest BCUT2D eigenvalue weighted by molar-refractivity contribution is 5.19. The van der Waals surface area contributed by atoms with Crippen LogP contribution in [0, 0.1) is 5.92 Å². The minimum atomic E-state index is 0.0943. The van der Waals surface area contributed by atoms with Gasteiger partial charge in [0.2, 0.25) is 0 Å². The van der Waals surface area contributed by atoms with E-state index in [-0.39, 0.29) is 12.6 Å². The zero-order chi connectivity index (χ0) is 12.1. The molecule has 17 heavy (non-hydrogen) atoms. The molecule has 0 spiro atoms. The maximum Gasteiger partial charge on any atom is 0.0626 e. The molecule has 2 N–H and O–H groups in total. The van der Waals surface area contributed by atoms with E-state index in [4.69, 9.17) is 0 Å². The molecule has 1 saturated carbocycles. The molecule has 1 fully saturated rings. The first-order valence-corrected chi connectivity index (χ1v) is 6.75. The molecule has 0 heterocycles. The largest absolute Gasteiger partial charge is 0.394 e. The molecular weight excluding hydrogens is 210 g/mol. The number of aliphatic hydroxyl groups is 1. The summed E-state index contributed by atoms with van der Waals surface area (Å²) in [6, 6.07) is 10.9. The Kier molecular flexibility index (Phi) is 4.57. The molecule has 0 saturated heterocycles. The van der Waals surface area contributed by atoms with Crippen molar-refractivity contribution in [3.8, 4) is 0 Å². The van der Waals surface area contributed by atoms with Gasteiger partial charge in [-0.15, -0.1) is 0 Å². The van der Waals surface area contributed by atoms with Gasteiger partial charge in [0, 0.05) is 6.04 Å². The van der Waals surface area contributed by atoms with Crippen LogP contribution >= 0.6 is 0 Å². The van der Waals surface area contributed by atoms with Gasteiger partial charge in [-0.1, -0.05) is 43.7 Å². The molecule has 2 heteroatoms. The SMILES string of the molecule is CCC1CCC(N[C@H](CO)c2ccccc2)C1. The quantitative estimate of drug-likeness (QED) is 0.819. The Morgan fingerprint density at radius 3 is 2.65 bits per heavy atom. The van der Waals surface area contributed by atoms with E-state index in [1.54, 1.807) is 0 Å². The molecule has 1 aliphatic carbocycles. The van der Waals surface area contributed by atoms with E-state index < -0.39 is 0 Å². The zero-order valence-electron chi connectivity index (χ0n) is 10.6. The molecular formula is C15H23NO. The van der Waals surface area contributed by atoms with Crippen LogP contribution in [-0.2, 0) is 0 Å². The first-order valence-electron chi connectivity index (χ1n) is 6.75. The van der Waals surface area contributed by atoms with Crippen molar-refractivity contribution in [2.45, 2.75) is 44.7 Å². The van der Waals surface area contributed by atoms with Gasteiger partial charge in [0.15, 0.2) is 0 Å². The van der Waals surface area contributed by atoms with Gasteiger partial charge in [-0.3, -0.25) is 0 Å². The van der Waals surface area contributed by atoms with Crippen LogP contribution in [0.1, 0.15) is 44.2 Å². The van der Waals surface area contributed by atoms with E-state index in [9.17, 15) is 5.11 Å². The van der Waals surface area contributed by atoms with E-state index in [0.29, 0.717) is 6.04 Å². The van der Waals surface area contributed by atoms with Crippen LogP contribution in [0.2, 0.25) is 0 Å². The molecule has 0 amide bonds. The van der Waals surface area contributed by atoms with Crippen molar-refractivity contribution in [3.63, 3.8) is 0 Å². The number of nitrogens with one attached hydrogen (secondary N) is 1. The van der Waals surface area contributed by atoms with Crippen molar-refractivity contribution in [3.05, 3.63) is 35.9 Å².